The minimum Gasteiger partial charge on any atom is -0.482 e. The Labute approximate surface area is 271 Å². The number of unbranched alkanes of at least 4 members (excludes halogenated alkanes) is 1. The van der Waals surface area contributed by atoms with Crippen molar-refractivity contribution in [2.24, 2.45) is 0 Å². The van der Waals surface area contributed by atoms with Gasteiger partial charge in [-0.3, -0.25) is 9.69 Å². The molecule has 0 aliphatic carbocycles. The summed E-state index contributed by atoms with van der Waals surface area (Å²) in [5.74, 6) is 1.55. The van der Waals surface area contributed by atoms with Crippen LogP contribution in [0.4, 0.5) is 5.82 Å². The summed E-state index contributed by atoms with van der Waals surface area (Å²) in [5.41, 5.74) is 9.82. The third-order valence-corrected chi connectivity index (χ3v) is 7.88. The quantitative estimate of drug-likeness (QED) is 0.121. The number of pyridine rings is 1. The number of methoxy groups -OCH3 is 1. The number of fused-ring (bicyclic) bond motifs is 3. The summed E-state index contributed by atoms with van der Waals surface area (Å²) in [4.78, 5) is 39.0. The van der Waals surface area contributed by atoms with Gasteiger partial charge < -0.3 is 29.4 Å². The Bertz CT molecular complexity index is 1600. The van der Waals surface area contributed by atoms with Crippen LogP contribution in [-0.4, -0.2) is 88.8 Å². The zero-order chi connectivity index (χ0) is 33.1. The van der Waals surface area contributed by atoms with Gasteiger partial charge in [-0.05, 0) is 63.5 Å². The molecule has 2 heterocycles. The number of esters is 1. The van der Waals surface area contributed by atoms with Crippen LogP contribution in [0.1, 0.15) is 51.9 Å². The summed E-state index contributed by atoms with van der Waals surface area (Å²) in [5, 5.41) is 1.01. The third-order valence-electron chi connectivity index (χ3n) is 7.88. The molecular formula is C35H48N6O5. The van der Waals surface area contributed by atoms with Gasteiger partial charge in [0, 0.05) is 38.6 Å². The molecule has 2 aromatic carbocycles. The van der Waals surface area contributed by atoms with Crippen LogP contribution in [0.2, 0.25) is 0 Å². The molecule has 0 atom stereocenters. The van der Waals surface area contributed by atoms with Crippen molar-refractivity contribution in [2.75, 3.05) is 52.2 Å². The van der Waals surface area contributed by atoms with Crippen LogP contribution in [0.15, 0.2) is 48.5 Å². The largest absolute Gasteiger partial charge is 0.482 e. The maximum atomic E-state index is 13.6. The first kappa shape index (κ1) is 34.6. The molecule has 1 amide bonds. The lowest BCUT2D eigenvalue weighted by Crippen LogP contribution is -2.40. The van der Waals surface area contributed by atoms with Crippen LogP contribution in [0.25, 0.3) is 21.9 Å². The Morgan fingerprint density at radius 3 is 2.54 bits per heavy atom. The fourth-order valence-corrected chi connectivity index (χ4v) is 5.53. The molecule has 46 heavy (non-hydrogen) atoms. The van der Waals surface area contributed by atoms with E-state index in [0.29, 0.717) is 49.7 Å². The lowest BCUT2D eigenvalue weighted by molar-refractivity contribution is -0.149. The van der Waals surface area contributed by atoms with Crippen molar-refractivity contribution < 1.29 is 23.8 Å². The fraction of sp³-hybridized carbons (Fsp3) is 0.486. The number of benzene rings is 2. The van der Waals surface area contributed by atoms with E-state index in [4.69, 9.17) is 24.9 Å². The van der Waals surface area contributed by atoms with Gasteiger partial charge in [-0.1, -0.05) is 44.2 Å². The Hall–Kier alpha value is -4.22. The van der Waals surface area contributed by atoms with Crippen molar-refractivity contribution in [3.63, 3.8) is 0 Å². The molecule has 0 saturated carbocycles. The lowest BCUT2D eigenvalue weighted by Gasteiger charge is -2.27. The zero-order valence-electron chi connectivity index (χ0n) is 27.8. The van der Waals surface area contributed by atoms with Crippen LogP contribution in [-0.2, 0) is 38.6 Å². The number of carbonyl (C=O) groups is 2. The standard InChI is InChI=1S/C35H48N6O5/c1-6-39(7-2)23-31(42)40(22-26-13-12-14-27(21-26)45-24-32(43)46-25(3)4)18-10-11-19-41-30(17-20-44-5)38-33-34(41)28-15-8-9-16-29(28)37-35(33)36/h8-9,12-16,21,25H,6-7,10-11,17-20,22-24H2,1-5H3,(H2,36,37). The molecule has 4 aromatic rings. The number of nitrogen functional groups attached to an aromatic ring is 1. The number of hydrogen-bond acceptors (Lipinski definition) is 9. The van der Waals surface area contributed by atoms with Crippen LogP contribution in [0.5, 0.6) is 5.75 Å². The fourth-order valence-electron chi connectivity index (χ4n) is 5.53. The summed E-state index contributed by atoms with van der Waals surface area (Å²) in [6.07, 6.45) is 2.08. The summed E-state index contributed by atoms with van der Waals surface area (Å²) in [7, 11) is 1.69. The summed E-state index contributed by atoms with van der Waals surface area (Å²) in [6, 6.07) is 15.5. The molecule has 0 aliphatic rings. The first-order valence-corrected chi connectivity index (χ1v) is 16.2. The highest BCUT2D eigenvalue weighted by atomic mass is 16.6. The van der Waals surface area contributed by atoms with Crippen molar-refractivity contribution in [3.05, 3.63) is 59.9 Å². The van der Waals surface area contributed by atoms with E-state index in [2.05, 4.69) is 34.4 Å². The number of nitrogens with two attached hydrogens (primary N) is 1. The highest BCUT2D eigenvalue weighted by Crippen LogP contribution is 2.29. The first-order chi connectivity index (χ1) is 22.2. The molecule has 2 N–H and O–H groups in total. The van der Waals surface area contributed by atoms with Gasteiger partial charge in [-0.2, -0.15) is 0 Å². The van der Waals surface area contributed by atoms with Gasteiger partial charge in [-0.15, -0.1) is 0 Å². The minimum absolute atomic E-state index is 0.0780. The van der Waals surface area contributed by atoms with E-state index >= 15 is 0 Å². The van der Waals surface area contributed by atoms with E-state index in [1.165, 1.54) is 0 Å². The number of aryl methyl sites for hydroxylation is 1. The number of para-hydroxylation sites is 1. The Kier molecular flexibility index (Phi) is 12.7. The molecule has 4 rings (SSSR count). The van der Waals surface area contributed by atoms with Crippen molar-refractivity contribution in [1.82, 2.24) is 24.3 Å². The number of nitrogens with zero attached hydrogens (tertiary/aromatic N) is 5. The molecule has 2 aromatic heterocycles. The first-order valence-electron chi connectivity index (χ1n) is 16.2. The number of aromatic nitrogens is 3. The number of ether oxygens (including phenoxy) is 3. The molecule has 0 aliphatic heterocycles. The predicted molar refractivity (Wildman–Crippen MR) is 181 cm³/mol. The minimum atomic E-state index is -0.417. The van der Waals surface area contributed by atoms with E-state index in [-0.39, 0.29) is 18.6 Å². The van der Waals surface area contributed by atoms with E-state index in [1.807, 2.05) is 41.3 Å². The number of amides is 1. The van der Waals surface area contributed by atoms with Gasteiger partial charge in [0.15, 0.2) is 12.4 Å². The number of anilines is 1. The van der Waals surface area contributed by atoms with E-state index in [0.717, 1.165) is 60.3 Å². The maximum absolute atomic E-state index is 13.6. The van der Waals surface area contributed by atoms with Gasteiger partial charge in [0.05, 0.1) is 30.3 Å². The number of rotatable bonds is 18. The highest BCUT2D eigenvalue weighted by molar-refractivity contribution is 6.06. The summed E-state index contributed by atoms with van der Waals surface area (Å²) in [6.45, 7) is 11.8. The lowest BCUT2D eigenvalue weighted by atomic mass is 10.1. The molecule has 0 radical (unpaired) electrons. The Balaban J connectivity index is 1.50. The molecule has 11 nitrogen and oxygen atoms in total. The van der Waals surface area contributed by atoms with E-state index < -0.39 is 5.97 Å². The normalized spacial score (nSPS) is 11.5. The van der Waals surface area contributed by atoms with Crippen molar-refractivity contribution >= 4 is 39.6 Å². The Morgan fingerprint density at radius 1 is 1.02 bits per heavy atom. The maximum Gasteiger partial charge on any atom is 0.344 e. The number of likely N-dealkylation sites (N-methyl/N-ethyl adjacent to an activating group) is 1. The molecule has 0 spiro atoms. The summed E-state index contributed by atoms with van der Waals surface area (Å²) >= 11 is 0. The van der Waals surface area contributed by atoms with Crippen molar-refractivity contribution in [2.45, 2.75) is 66.2 Å². The van der Waals surface area contributed by atoms with Gasteiger partial charge >= 0.3 is 5.97 Å². The molecular weight excluding hydrogens is 584 g/mol. The Morgan fingerprint density at radius 2 is 1.80 bits per heavy atom. The number of imidazole rings is 1. The number of hydrogen-bond donors (Lipinski definition) is 1. The molecule has 0 fully saturated rings. The second kappa shape index (κ2) is 16.9. The topological polar surface area (TPSA) is 125 Å². The van der Waals surface area contributed by atoms with E-state index in [1.54, 1.807) is 27.0 Å². The molecule has 0 saturated heterocycles. The molecule has 0 bridgehead atoms. The van der Waals surface area contributed by atoms with Gasteiger partial charge in [0.25, 0.3) is 0 Å². The van der Waals surface area contributed by atoms with Crippen LogP contribution in [0.3, 0.4) is 0 Å². The molecule has 11 heteroatoms. The SMILES string of the molecule is CCN(CC)CC(=O)N(CCCCn1c(CCOC)nc2c(N)nc3ccccc3c21)Cc1cccc(OCC(=O)OC(C)C)c1. The molecule has 248 valence electrons. The monoisotopic (exact) mass is 632 g/mol. The zero-order valence-corrected chi connectivity index (χ0v) is 27.8. The average molecular weight is 633 g/mol. The second-order valence-electron chi connectivity index (χ2n) is 11.6. The second-order valence-corrected chi connectivity index (χ2v) is 11.6. The predicted octanol–water partition coefficient (Wildman–Crippen LogP) is 4.84. The van der Waals surface area contributed by atoms with Crippen molar-refractivity contribution in [3.8, 4) is 5.75 Å². The van der Waals surface area contributed by atoms with Crippen molar-refractivity contribution in [1.29, 1.82) is 0 Å². The smallest absolute Gasteiger partial charge is 0.344 e. The third kappa shape index (κ3) is 9.17. The summed E-state index contributed by atoms with van der Waals surface area (Å²) < 4.78 is 18.5. The molecule has 0 unspecified atom stereocenters. The average Bonchev–Trinajstić information content (AvgIpc) is 3.41. The number of carbonyl (C=O) groups excluding carboxylic acids is 2. The van der Waals surface area contributed by atoms with Gasteiger partial charge in [0.2, 0.25) is 5.91 Å². The highest BCUT2D eigenvalue weighted by Gasteiger charge is 2.19. The van der Waals surface area contributed by atoms with Gasteiger partial charge in [-0.25, -0.2) is 14.8 Å². The van der Waals surface area contributed by atoms with Crippen LogP contribution in [0, 0.1) is 0 Å². The van der Waals surface area contributed by atoms with Gasteiger partial charge in [0.1, 0.15) is 17.1 Å². The van der Waals surface area contributed by atoms with E-state index in [9.17, 15) is 9.59 Å². The van der Waals surface area contributed by atoms with Crippen LogP contribution >= 0.6 is 0 Å². The van der Waals surface area contributed by atoms with Crippen LogP contribution < -0.4 is 10.5 Å².